The molecular formula is C18H21FN4O. The molecule has 0 unspecified atom stereocenters. The van der Waals surface area contributed by atoms with Crippen molar-refractivity contribution in [3.63, 3.8) is 0 Å². The Labute approximate surface area is 140 Å². The number of carbonyl (C=O) groups excluding carboxylic acids is 1. The van der Waals surface area contributed by atoms with Crippen LogP contribution in [-0.4, -0.2) is 27.7 Å². The van der Waals surface area contributed by atoms with Gasteiger partial charge in [0.1, 0.15) is 5.82 Å². The highest BCUT2D eigenvalue weighted by Crippen LogP contribution is 2.34. The lowest BCUT2D eigenvalue weighted by atomic mass is 9.98. The van der Waals surface area contributed by atoms with Gasteiger partial charge in [-0.2, -0.15) is 5.10 Å². The summed E-state index contributed by atoms with van der Waals surface area (Å²) in [5, 5.41) is 9.95. The number of piperidine rings is 1. The molecule has 2 heterocycles. The molecule has 2 N–H and O–H groups in total. The molecule has 1 saturated heterocycles. The van der Waals surface area contributed by atoms with E-state index < -0.39 is 0 Å². The molecule has 6 heteroatoms. The Morgan fingerprint density at radius 1 is 1.33 bits per heavy atom. The maximum absolute atomic E-state index is 13.9. The summed E-state index contributed by atoms with van der Waals surface area (Å²) in [6.07, 6.45) is 8.15. The van der Waals surface area contributed by atoms with Crippen LogP contribution in [-0.2, 0) is 6.42 Å². The smallest absolute Gasteiger partial charge is 0.318 e. The standard InChI is InChI=1S/C18H21FN4O/c19-15-5-3-4-14-13(15)7-8-16(14)22-18(24)23-9-2-1-6-17(23)12-10-20-21-11-12/h3-5,10-11,16-17H,1-2,6-9H2,(H,20,21)(H,22,24)/t16-,17-/m1/s1. The molecule has 24 heavy (non-hydrogen) atoms. The second-order valence-electron chi connectivity index (χ2n) is 6.58. The molecule has 2 aliphatic rings. The van der Waals surface area contributed by atoms with Gasteiger partial charge in [-0.25, -0.2) is 9.18 Å². The summed E-state index contributed by atoms with van der Waals surface area (Å²) in [6.45, 7) is 0.740. The van der Waals surface area contributed by atoms with Crippen LogP contribution in [0.3, 0.4) is 0 Å². The molecule has 2 aromatic rings. The Morgan fingerprint density at radius 3 is 3.08 bits per heavy atom. The first-order valence-electron chi connectivity index (χ1n) is 8.57. The highest BCUT2D eigenvalue weighted by atomic mass is 19.1. The van der Waals surface area contributed by atoms with Gasteiger partial charge in [-0.15, -0.1) is 0 Å². The second kappa shape index (κ2) is 6.26. The molecule has 1 fully saturated rings. The van der Waals surface area contributed by atoms with Crippen molar-refractivity contribution >= 4 is 6.03 Å². The van der Waals surface area contributed by atoms with Crippen LogP contribution >= 0.6 is 0 Å². The van der Waals surface area contributed by atoms with E-state index in [4.69, 9.17) is 0 Å². The molecule has 126 valence electrons. The van der Waals surface area contributed by atoms with Gasteiger partial charge in [-0.05, 0) is 49.3 Å². The van der Waals surface area contributed by atoms with Crippen molar-refractivity contribution in [1.29, 1.82) is 0 Å². The van der Waals surface area contributed by atoms with Crippen LogP contribution < -0.4 is 5.32 Å². The molecule has 1 aromatic heterocycles. The number of hydrogen-bond donors (Lipinski definition) is 2. The third-order valence-corrected chi connectivity index (χ3v) is 5.18. The molecule has 1 aliphatic heterocycles. The van der Waals surface area contributed by atoms with Gasteiger partial charge in [0.25, 0.3) is 0 Å². The van der Waals surface area contributed by atoms with Gasteiger partial charge in [0, 0.05) is 18.3 Å². The van der Waals surface area contributed by atoms with Crippen molar-refractivity contribution in [3.05, 3.63) is 53.1 Å². The predicted molar refractivity (Wildman–Crippen MR) is 87.9 cm³/mol. The lowest BCUT2D eigenvalue weighted by Gasteiger charge is -2.36. The number of aromatic nitrogens is 2. The third kappa shape index (κ3) is 2.66. The molecule has 0 bridgehead atoms. The van der Waals surface area contributed by atoms with E-state index in [1.165, 1.54) is 6.07 Å². The van der Waals surface area contributed by atoms with Crippen molar-refractivity contribution in [2.75, 3.05) is 6.54 Å². The van der Waals surface area contributed by atoms with Gasteiger partial charge in [-0.3, -0.25) is 5.10 Å². The quantitative estimate of drug-likeness (QED) is 0.887. The van der Waals surface area contributed by atoms with Crippen LogP contribution in [0.2, 0.25) is 0 Å². The van der Waals surface area contributed by atoms with Crippen LogP contribution in [0, 0.1) is 5.82 Å². The molecule has 2 atom stereocenters. The van der Waals surface area contributed by atoms with E-state index in [2.05, 4.69) is 15.5 Å². The summed E-state index contributed by atoms with van der Waals surface area (Å²) in [4.78, 5) is 14.7. The number of benzene rings is 1. The minimum Gasteiger partial charge on any atom is -0.331 e. The zero-order valence-electron chi connectivity index (χ0n) is 13.5. The average Bonchev–Trinajstić information content (AvgIpc) is 3.26. The fraction of sp³-hybridized carbons (Fsp3) is 0.444. The number of likely N-dealkylation sites (tertiary alicyclic amines) is 1. The summed E-state index contributed by atoms with van der Waals surface area (Å²) >= 11 is 0. The summed E-state index contributed by atoms with van der Waals surface area (Å²) < 4.78 is 13.9. The molecule has 4 rings (SSSR count). The monoisotopic (exact) mass is 328 g/mol. The van der Waals surface area contributed by atoms with Gasteiger partial charge in [0.15, 0.2) is 0 Å². The van der Waals surface area contributed by atoms with E-state index in [-0.39, 0.29) is 23.9 Å². The predicted octanol–water partition coefficient (Wildman–Crippen LogP) is 3.47. The van der Waals surface area contributed by atoms with Crippen molar-refractivity contribution in [2.45, 2.75) is 44.2 Å². The number of hydrogen-bond acceptors (Lipinski definition) is 2. The number of carbonyl (C=O) groups is 1. The van der Waals surface area contributed by atoms with Crippen molar-refractivity contribution in [3.8, 4) is 0 Å². The van der Waals surface area contributed by atoms with E-state index in [0.29, 0.717) is 6.42 Å². The van der Waals surface area contributed by atoms with Crippen molar-refractivity contribution in [1.82, 2.24) is 20.4 Å². The Kier molecular flexibility index (Phi) is 3.96. The Morgan fingerprint density at radius 2 is 2.25 bits per heavy atom. The number of fused-ring (bicyclic) bond motifs is 1. The zero-order chi connectivity index (χ0) is 16.5. The first-order valence-corrected chi connectivity index (χ1v) is 8.57. The van der Waals surface area contributed by atoms with E-state index in [1.807, 2.05) is 17.2 Å². The molecule has 0 spiro atoms. The number of H-pyrrole nitrogens is 1. The molecule has 1 aliphatic carbocycles. The van der Waals surface area contributed by atoms with Gasteiger partial charge in [0.2, 0.25) is 0 Å². The summed E-state index contributed by atoms with van der Waals surface area (Å²) in [6, 6.07) is 5.01. The largest absolute Gasteiger partial charge is 0.331 e. The number of nitrogens with zero attached hydrogens (tertiary/aromatic N) is 2. The molecule has 1 aromatic carbocycles. The maximum atomic E-state index is 13.9. The maximum Gasteiger partial charge on any atom is 0.318 e. The van der Waals surface area contributed by atoms with Crippen molar-refractivity contribution < 1.29 is 9.18 Å². The zero-order valence-corrected chi connectivity index (χ0v) is 13.5. The first kappa shape index (κ1) is 15.2. The number of amides is 2. The minimum absolute atomic E-state index is 0.0610. The normalized spacial score (nSPS) is 23.1. The number of nitrogens with one attached hydrogen (secondary N) is 2. The molecule has 5 nitrogen and oxygen atoms in total. The Hall–Kier alpha value is -2.37. The minimum atomic E-state index is -0.168. The van der Waals surface area contributed by atoms with E-state index in [9.17, 15) is 9.18 Å². The van der Waals surface area contributed by atoms with Gasteiger partial charge in [0.05, 0.1) is 18.3 Å². The second-order valence-corrected chi connectivity index (χ2v) is 6.58. The Bertz CT molecular complexity index is 731. The van der Waals surface area contributed by atoms with E-state index in [1.54, 1.807) is 12.3 Å². The first-order chi connectivity index (χ1) is 11.7. The average molecular weight is 328 g/mol. The summed E-state index contributed by atoms with van der Waals surface area (Å²) in [5.41, 5.74) is 2.70. The summed E-state index contributed by atoms with van der Waals surface area (Å²) in [7, 11) is 0. The molecular weight excluding hydrogens is 307 g/mol. The molecule has 0 radical (unpaired) electrons. The lowest BCUT2D eigenvalue weighted by molar-refractivity contribution is 0.148. The van der Waals surface area contributed by atoms with Crippen LogP contribution in [0.5, 0.6) is 0 Å². The van der Waals surface area contributed by atoms with Crippen LogP contribution in [0.25, 0.3) is 0 Å². The van der Waals surface area contributed by atoms with Crippen LogP contribution in [0.4, 0.5) is 9.18 Å². The van der Waals surface area contributed by atoms with E-state index in [0.717, 1.165) is 48.9 Å². The fourth-order valence-electron chi connectivity index (χ4n) is 3.96. The lowest BCUT2D eigenvalue weighted by Crippen LogP contribution is -2.45. The van der Waals surface area contributed by atoms with Crippen molar-refractivity contribution in [2.24, 2.45) is 0 Å². The van der Waals surface area contributed by atoms with Gasteiger partial charge < -0.3 is 10.2 Å². The topological polar surface area (TPSA) is 61.0 Å². The van der Waals surface area contributed by atoms with Gasteiger partial charge in [-0.1, -0.05) is 12.1 Å². The fourth-order valence-corrected chi connectivity index (χ4v) is 3.96. The number of aromatic amines is 1. The number of halogens is 1. The van der Waals surface area contributed by atoms with Crippen LogP contribution in [0.1, 0.15) is 54.5 Å². The summed E-state index contributed by atoms with van der Waals surface area (Å²) in [5.74, 6) is -0.168. The SMILES string of the molecule is O=C(N[C@@H]1CCc2c(F)cccc21)N1CCCC[C@@H]1c1cn[nH]c1. The third-order valence-electron chi connectivity index (χ3n) is 5.18. The number of urea groups is 1. The molecule has 0 saturated carbocycles. The molecule has 2 amide bonds. The van der Waals surface area contributed by atoms with Gasteiger partial charge >= 0.3 is 6.03 Å². The highest BCUT2D eigenvalue weighted by Gasteiger charge is 2.32. The number of rotatable bonds is 2. The van der Waals surface area contributed by atoms with Crippen LogP contribution in [0.15, 0.2) is 30.6 Å². The highest BCUT2D eigenvalue weighted by molar-refractivity contribution is 5.75. The Balaban J connectivity index is 1.51. The van der Waals surface area contributed by atoms with E-state index >= 15 is 0 Å².